The number of carboxylic acids is 1. The van der Waals surface area contributed by atoms with Gasteiger partial charge in [0.05, 0.1) is 9.79 Å². The van der Waals surface area contributed by atoms with Gasteiger partial charge in [0.15, 0.2) is 23.1 Å². The van der Waals surface area contributed by atoms with E-state index in [1.807, 2.05) is 60.7 Å². The van der Waals surface area contributed by atoms with E-state index < -0.39 is 67.4 Å². The van der Waals surface area contributed by atoms with Crippen molar-refractivity contribution in [1.82, 2.24) is 15.4 Å². The molecule has 0 aliphatic heterocycles. The highest BCUT2D eigenvalue weighted by molar-refractivity contribution is 7.90. The predicted molar refractivity (Wildman–Crippen MR) is 278 cm³/mol. The van der Waals surface area contributed by atoms with Gasteiger partial charge in [-0.2, -0.15) is 0 Å². The van der Waals surface area contributed by atoms with Gasteiger partial charge in [0.1, 0.15) is 34.8 Å². The molecule has 0 aliphatic rings. The average molecular weight is 1070 g/mol. The first-order valence-corrected chi connectivity index (χ1v) is 26.3. The first-order chi connectivity index (χ1) is 35.0. The highest BCUT2D eigenvalue weighted by atomic mass is 32.2. The van der Waals surface area contributed by atoms with E-state index >= 15 is 0 Å². The molecule has 4 aromatic carbocycles. The van der Waals surface area contributed by atoms with Crippen molar-refractivity contribution in [3.8, 4) is 22.6 Å². The molecule has 0 aliphatic carbocycles. The van der Waals surface area contributed by atoms with Gasteiger partial charge in [-0.1, -0.05) is 84.9 Å². The second kappa shape index (κ2) is 26.4. The molecule has 0 saturated heterocycles. The monoisotopic (exact) mass is 1070 g/mol. The van der Waals surface area contributed by atoms with Crippen LogP contribution in [-0.4, -0.2) is 80.9 Å². The molecule has 0 unspecified atom stereocenters. The van der Waals surface area contributed by atoms with Crippen LogP contribution in [0.25, 0.3) is 22.6 Å². The number of alkyl carbamates (subject to hydrolysis) is 2. The van der Waals surface area contributed by atoms with Crippen molar-refractivity contribution in [3.63, 3.8) is 0 Å². The fraction of sp³-hybridized carbons (Fsp3) is 0.296. The van der Waals surface area contributed by atoms with Crippen molar-refractivity contribution in [2.24, 2.45) is 5.14 Å². The normalized spacial score (nSPS) is 12.2. The number of nitrogens with one attached hydrogen (secondary N) is 3. The lowest BCUT2D eigenvalue weighted by molar-refractivity contribution is -0.139. The number of hydrogen-bond donors (Lipinski definition) is 5. The standard InChI is InChI=1S/C27H30N2O7S.C15H21NO4.C12H11NO4S/c1-18(30)23-15-16-24(35-23)20-11-8-12-21(17-20)37(33,34)29-25(31)22(28-26(32)36-27(2,3)4)14-13-19-9-6-5-7-10-19;1-15(2,3)20-14(19)16-12(13(17)18)10-9-11-7-5-4-6-8-11;1-8(14)11-5-6-12(17-11)9-3-2-4-10(7-9)18(13,15)16/h5-12,15-17,22H,13-14H2,1-4H3,(H,28,32)(H,29,31);4-8,12H,9-10H2,1-3H3,(H,16,19)(H,17,18);2-7H,1H3,(H2,13,15,16)/t22-;12-;/m00./s1. The van der Waals surface area contributed by atoms with Crippen molar-refractivity contribution < 1.29 is 69.0 Å². The number of aryl methyl sites for hydroxylation is 2. The van der Waals surface area contributed by atoms with E-state index in [0.717, 1.165) is 11.1 Å². The van der Waals surface area contributed by atoms with E-state index in [2.05, 4.69) is 15.4 Å². The number of benzene rings is 4. The Labute approximate surface area is 436 Å². The molecule has 3 amide bonds. The van der Waals surface area contributed by atoms with Crippen LogP contribution in [0.5, 0.6) is 0 Å². The number of carbonyl (C=O) groups excluding carboxylic acids is 5. The minimum absolute atomic E-state index is 0.000718. The Bertz CT molecular complexity index is 3160. The van der Waals surface area contributed by atoms with Crippen molar-refractivity contribution in [2.45, 2.75) is 114 Å². The topological polar surface area (TPSA) is 298 Å². The van der Waals surface area contributed by atoms with E-state index in [-0.39, 0.29) is 39.3 Å². The zero-order valence-electron chi connectivity index (χ0n) is 42.7. The molecule has 75 heavy (non-hydrogen) atoms. The van der Waals surface area contributed by atoms with Crippen LogP contribution >= 0.6 is 0 Å². The highest BCUT2D eigenvalue weighted by Crippen LogP contribution is 2.26. The zero-order chi connectivity index (χ0) is 55.7. The van der Waals surface area contributed by atoms with Crippen molar-refractivity contribution in [3.05, 3.63) is 156 Å². The number of hydrogen-bond acceptors (Lipinski definition) is 14. The van der Waals surface area contributed by atoms with E-state index in [1.54, 1.807) is 77.9 Å². The van der Waals surface area contributed by atoms with Crippen LogP contribution in [0, 0.1) is 0 Å². The number of primary sulfonamides is 1. The molecule has 2 aromatic heterocycles. The maximum Gasteiger partial charge on any atom is 0.408 e. The molecule has 6 aromatic rings. The van der Waals surface area contributed by atoms with Crippen LogP contribution in [0.3, 0.4) is 0 Å². The van der Waals surface area contributed by atoms with Gasteiger partial charge in [-0.25, -0.2) is 41.1 Å². The first-order valence-electron chi connectivity index (χ1n) is 23.3. The second-order valence-corrected chi connectivity index (χ2v) is 22.0. The number of rotatable bonds is 17. The fourth-order valence-electron chi connectivity index (χ4n) is 6.61. The number of nitrogens with two attached hydrogens (primary N) is 1. The Kier molecular flexibility index (Phi) is 21.0. The van der Waals surface area contributed by atoms with Crippen LogP contribution < -0.4 is 20.5 Å². The van der Waals surface area contributed by atoms with E-state index in [0.29, 0.717) is 41.9 Å². The Balaban J connectivity index is 0.000000269. The molecule has 2 atom stereocenters. The summed E-state index contributed by atoms with van der Waals surface area (Å²) in [6.07, 6.45) is -0.0877. The SMILES string of the molecule is CC(=O)c1ccc(-c2cccc(S(=O)(=O)NC(=O)[C@H](CCc3ccccc3)NC(=O)OC(C)(C)C)c2)o1.CC(=O)c1ccc(-c2cccc(S(N)(=O)=O)c2)o1.CC(C)(C)OC(=O)N[C@@H](CCc1ccccc1)C(=O)O. The Morgan fingerprint density at radius 3 is 1.35 bits per heavy atom. The molecule has 2 heterocycles. The summed E-state index contributed by atoms with van der Waals surface area (Å²) in [7, 11) is -8.05. The number of aliphatic carboxylic acids is 1. The number of sulfonamides is 2. The summed E-state index contributed by atoms with van der Waals surface area (Å²) in [4.78, 5) is 70.6. The molecule has 400 valence electrons. The number of furan rings is 2. The maximum atomic E-state index is 13.1. The van der Waals surface area contributed by atoms with Gasteiger partial charge in [0.2, 0.25) is 10.0 Å². The largest absolute Gasteiger partial charge is 0.480 e. The predicted octanol–water partition coefficient (Wildman–Crippen LogP) is 8.87. The van der Waals surface area contributed by atoms with Crippen LogP contribution in [0.1, 0.15) is 100 Å². The van der Waals surface area contributed by atoms with E-state index in [9.17, 15) is 45.6 Å². The minimum Gasteiger partial charge on any atom is -0.480 e. The summed E-state index contributed by atoms with van der Waals surface area (Å²) in [5.74, 6) is -1.32. The van der Waals surface area contributed by atoms with Crippen LogP contribution in [-0.2, 0) is 52.0 Å². The highest BCUT2D eigenvalue weighted by Gasteiger charge is 2.29. The third-order valence-electron chi connectivity index (χ3n) is 10.1. The Hall–Kier alpha value is -7.88. The summed E-state index contributed by atoms with van der Waals surface area (Å²) in [5.41, 5.74) is 1.47. The molecule has 0 fully saturated rings. The summed E-state index contributed by atoms with van der Waals surface area (Å²) < 4.78 is 71.8. The van der Waals surface area contributed by atoms with Gasteiger partial charge in [0, 0.05) is 25.0 Å². The average Bonchev–Trinajstić information content (AvgIpc) is 4.04. The summed E-state index contributed by atoms with van der Waals surface area (Å²) in [6.45, 7) is 13.0. The van der Waals surface area contributed by atoms with Crippen LogP contribution in [0.4, 0.5) is 9.59 Å². The van der Waals surface area contributed by atoms with Gasteiger partial charge < -0.3 is 34.0 Å². The van der Waals surface area contributed by atoms with Crippen LogP contribution in [0.15, 0.2) is 152 Å². The van der Waals surface area contributed by atoms with Gasteiger partial charge >= 0.3 is 18.2 Å². The molecule has 0 saturated carbocycles. The molecular weight excluding hydrogens is 1010 g/mol. The molecule has 6 N–H and O–H groups in total. The molecule has 21 heteroatoms. The summed E-state index contributed by atoms with van der Waals surface area (Å²) in [6, 6.07) is 34.7. The molecule has 0 spiro atoms. The number of Topliss-reactive ketones (excluding diaryl/α,β-unsaturated/α-hetero) is 2. The molecule has 0 radical (unpaired) electrons. The minimum atomic E-state index is -4.30. The summed E-state index contributed by atoms with van der Waals surface area (Å²) >= 11 is 0. The van der Waals surface area contributed by atoms with Gasteiger partial charge in [0.25, 0.3) is 15.9 Å². The maximum absolute atomic E-state index is 13.1. The number of ether oxygens (including phenoxy) is 2. The lowest BCUT2D eigenvalue weighted by Gasteiger charge is -2.23. The van der Waals surface area contributed by atoms with Crippen molar-refractivity contribution >= 4 is 55.7 Å². The van der Waals surface area contributed by atoms with Gasteiger partial charge in [-0.15, -0.1) is 0 Å². The molecular formula is C54H62N4O15S2. The van der Waals surface area contributed by atoms with E-state index in [4.69, 9.17) is 28.6 Å². The third-order valence-corrected chi connectivity index (χ3v) is 12.4. The number of carbonyl (C=O) groups is 6. The zero-order valence-corrected chi connectivity index (χ0v) is 44.4. The third kappa shape index (κ3) is 20.5. The quantitative estimate of drug-likeness (QED) is 0.0533. The first kappa shape index (κ1) is 59.7. The lowest BCUT2D eigenvalue weighted by Crippen LogP contribution is -2.49. The van der Waals surface area contributed by atoms with Crippen molar-refractivity contribution in [2.75, 3.05) is 0 Å². The molecule has 6 rings (SSSR count). The smallest absolute Gasteiger partial charge is 0.408 e. The van der Waals surface area contributed by atoms with Crippen molar-refractivity contribution in [1.29, 1.82) is 0 Å². The number of carboxylic acid groups (broad SMARTS) is 1. The Morgan fingerprint density at radius 1 is 0.560 bits per heavy atom. The van der Waals surface area contributed by atoms with Gasteiger partial charge in [-0.3, -0.25) is 14.4 Å². The Morgan fingerprint density at radius 2 is 0.960 bits per heavy atom. The summed E-state index contributed by atoms with van der Waals surface area (Å²) in [5, 5.41) is 19.0. The second-order valence-electron chi connectivity index (χ2n) is 18.8. The molecule has 19 nitrogen and oxygen atoms in total. The van der Waals surface area contributed by atoms with Gasteiger partial charge in [-0.05, 0) is 127 Å². The number of amides is 3. The number of ketones is 2. The lowest BCUT2D eigenvalue weighted by atomic mass is 10.1. The van der Waals surface area contributed by atoms with Crippen LogP contribution in [0.2, 0.25) is 0 Å². The molecule has 0 bridgehead atoms. The van der Waals surface area contributed by atoms with E-state index in [1.165, 1.54) is 50.2 Å². The fourth-order valence-corrected chi connectivity index (χ4v) is 8.23.